The predicted molar refractivity (Wildman–Crippen MR) is 124 cm³/mol. The van der Waals surface area contributed by atoms with E-state index in [1.807, 2.05) is 0 Å². The molecule has 2 rings (SSSR count). The molecule has 2 N–H and O–H groups in total. The highest BCUT2D eigenvalue weighted by molar-refractivity contribution is 9.10. The number of halogens is 10. The van der Waals surface area contributed by atoms with Crippen LogP contribution < -0.4 is 10.6 Å². The Kier molecular flexibility index (Phi) is 9.06. The minimum atomic E-state index is -4.66. The molecule has 1 aromatic rings. The Bertz CT molecular complexity index is 1100. The number of amides is 2. The van der Waals surface area contributed by atoms with Crippen molar-refractivity contribution in [2.45, 2.75) is 29.5 Å². The molecule has 1 aliphatic carbocycles. The first-order valence-electron chi connectivity index (χ1n) is 9.53. The molecule has 0 saturated heterocycles. The first kappa shape index (κ1) is 29.5. The van der Waals surface area contributed by atoms with Gasteiger partial charge < -0.3 is 10.6 Å². The molecule has 0 aliphatic heterocycles. The second-order valence-corrected chi connectivity index (χ2v) is 10.1. The van der Waals surface area contributed by atoms with Crippen LogP contribution in [0.25, 0.3) is 0 Å². The maximum absolute atomic E-state index is 13.0. The Balaban J connectivity index is 2.21. The van der Waals surface area contributed by atoms with Crippen LogP contribution in [0.3, 0.4) is 0 Å². The van der Waals surface area contributed by atoms with Crippen LogP contribution in [0.5, 0.6) is 0 Å². The quantitative estimate of drug-likeness (QED) is 0.152. The van der Waals surface area contributed by atoms with Gasteiger partial charge in [0.05, 0.1) is 17.1 Å². The van der Waals surface area contributed by atoms with Gasteiger partial charge in [0.15, 0.2) is 0 Å². The zero-order chi connectivity index (χ0) is 26.9. The molecule has 2 unspecified atom stereocenters. The molecule has 1 fully saturated rings. The van der Waals surface area contributed by atoms with E-state index in [0.717, 1.165) is 24.3 Å². The fraction of sp³-hybridized carbons (Fsp3) is 0.333. The van der Waals surface area contributed by atoms with E-state index in [9.17, 15) is 35.9 Å². The lowest BCUT2D eigenvalue weighted by Gasteiger charge is -2.12. The van der Waals surface area contributed by atoms with E-state index in [2.05, 4.69) is 27.8 Å². The van der Waals surface area contributed by atoms with Gasteiger partial charge in [-0.15, -0.1) is 23.2 Å². The monoisotopic (exact) mass is 626 g/mol. The van der Waals surface area contributed by atoms with Crippen molar-refractivity contribution >= 4 is 62.5 Å². The van der Waals surface area contributed by atoms with Crippen LogP contribution in [0.2, 0.25) is 0 Å². The van der Waals surface area contributed by atoms with Gasteiger partial charge in [-0.05, 0) is 30.7 Å². The second-order valence-electron chi connectivity index (χ2n) is 7.36. The Labute approximate surface area is 219 Å². The maximum atomic E-state index is 13.0. The minimum Gasteiger partial charge on any atom is -0.343 e. The van der Waals surface area contributed by atoms with E-state index >= 15 is 0 Å². The largest absolute Gasteiger partial charge is 0.417 e. The molecular weight excluding hydrogens is 612 g/mol. The lowest BCUT2D eigenvalue weighted by Crippen LogP contribution is -2.35. The highest BCUT2D eigenvalue weighted by atomic mass is 79.9. The molecule has 192 valence electrons. The summed E-state index contributed by atoms with van der Waals surface area (Å²) in [4.78, 5) is 24.9. The summed E-state index contributed by atoms with van der Waals surface area (Å²) in [6, 6.07) is 3.15. The van der Waals surface area contributed by atoms with Crippen molar-refractivity contribution in [2.75, 3.05) is 6.54 Å². The molecule has 0 heterocycles. The van der Waals surface area contributed by atoms with Crippen LogP contribution in [0.4, 0.5) is 26.3 Å². The number of carbonyl (C=O) groups is 2. The molecule has 0 bridgehead atoms. The number of hydrogen-bond donors (Lipinski definition) is 2. The third-order valence-corrected chi connectivity index (χ3v) is 6.66. The SMILES string of the molecule is C=C(Cl)/C(=C\C(=C/C)NC(=O)C1C(c2ccc(C(F)(F)F)c(Br)c2)C1(Cl)Cl)C(=O)NCC(F)(F)F. The van der Waals surface area contributed by atoms with Gasteiger partial charge in [0.2, 0.25) is 5.91 Å². The number of carbonyl (C=O) groups excluding carboxylic acids is 2. The molecule has 0 aromatic heterocycles. The van der Waals surface area contributed by atoms with E-state index in [1.54, 1.807) is 5.32 Å². The van der Waals surface area contributed by atoms with E-state index in [-0.39, 0.29) is 20.8 Å². The van der Waals surface area contributed by atoms with Crippen molar-refractivity contribution in [1.29, 1.82) is 0 Å². The van der Waals surface area contributed by atoms with Gasteiger partial charge in [-0.25, -0.2) is 0 Å². The van der Waals surface area contributed by atoms with Crippen LogP contribution in [0, 0.1) is 5.92 Å². The van der Waals surface area contributed by atoms with Crippen molar-refractivity contribution in [3.05, 3.63) is 68.8 Å². The Morgan fingerprint density at radius 3 is 2.26 bits per heavy atom. The van der Waals surface area contributed by atoms with Gasteiger partial charge in [0, 0.05) is 21.1 Å². The first-order valence-corrected chi connectivity index (χ1v) is 11.5. The molecule has 35 heavy (non-hydrogen) atoms. The Hall–Kier alpha value is -1.69. The lowest BCUT2D eigenvalue weighted by atomic mass is 10.1. The third kappa shape index (κ3) is 7.41. The van der Waals surface area contributed by atoms with Gasteiger partial charge in [0.25, 0.3) is 5.91 Å². The van der Waals surface area contributed by atoms with Crippen LogP contribution in [0.1, 0.15) is 24.0 Å². The molecule has 2 amide bonds. The zero-order valence-corrected chi connectivity index (χ0v) is 21.4. The van der Waals surface area contributed by atoms with E-state index in [0.29, 0.717) is 0 Å². The molecule has 2 atom stereocenters. The van der Waals surface area contributed by atoms with Crippen LogP contribution in [-0.2, 0) is 15.8 Å². The highest BCUT2D eigenvalue weighted by Crippen LogP contribution is 2.65. The summed E-state index contributed by atoms with van der Waals surface area (Å²) in [5.41, 5.74) is -1.12. The number of alkyl halides is 8. The first-order chi connectivity index (χ1) is 15.9. The average molecular weight is 629 g/mol. The highest BCUT2D eigenvalue weighted by Gasteiger charge is 2.67. The fourth-order valence-electron chi connectivity index (χ4n) is 3.13. The zero-order valence-electron chi connectivity index (χ0n) is 17.6. The molecule has 4 nitrogen and oxygen atoms in total. The number of hydrogen-bond acceptors (Lipinski definition) is 2. The molecule has 0 spiro atoms. The Morgan fingerprint density at radius 1 is 1.20 bits per heavy atom. The Morgan fingerprint density at radius 2 is 1.80 bits per heavy atom. The van der Waals surface area contributed by atoms with Gasteiger partial charge in [-0.1, -0.05) is 46.3 Å². The summed E-state index contributed by atoms with van der Waals surface area (Å²) < 4.78 is 74.3. The number of allylic oxidation sites excluding steroid dienone is 2. The topological polar surface area (TPSA) is 58.2 Å². The van der Waals surface area contributed by atoms with Crippen LogP contribution in [-0.4, -0.2) is 28.9 Å². The molecule has 14 heteroatoms. The number of benzene rings is 1. The molecule has 1 aliphatic rings. The predicted octanol–water partition coefficient (Wildman–Crippen LogP) is 6.73. The van der Waals surface area contributed by atoms with Crippen molar-refractivity contribution in [1.82, 2.24) is 10.6 Å². The summed E-state index contributed by atoms with van der Waals surface area (Å²) in [5, 5.41) is 3.68. The third-order valence-electron chi connectivity index (χ3n) is 4.86. The van der Waals surface area contributed by atoms with Gasteiger partial charge in [-0.3, -0.25) is 9.59 Å². The van der Waals surface area contributed by atoms with Crippen LogP contribution in [0.15, 0.2) is 57.7 Å². The summed E-state index contributed by atoms with van der Waals surface area (Å²) in [5.74, 6) is -3.86. The van der Waals surface area contributed by atoms with Crippen LogP contribution >= 0.6 is 50.7 Å². The lowest BCUT2D eigenvalue weighted by molar-refractivity contribution is -0.138. The summed E-state index contributed by atoms with van der Waals surface area (Å²) in [6.07, 6.45) is -6.93. The fourth-order valence-corrected chi connectivity index (χ4v) is 4.72. The van der Waals surface area contributed by atoms with Gasteiger partial charge in [0.1, 0.15) is 10.9 Å². The van der Waals surface area contributed by atoms with E-state index in [1.165, 1.54) is 13.0 Å². The van der Waals surface area contributed by atoms with Crippen molar-refractivity contribution in [3.8, 4) is 0 Å². The summed E-state index contributed by atoms with van der Waals surface area (Å²) >= 11 is 21.0. The second kappa shape index (κ2) is 10.7. The molecule has 0 radical (unpaired) electrons. The summed E-state index contributed by atoms with van der Waals surface area (Å²) in [7, 11) is 0. The van der Waals surface area contributed by atoms with Crippen molar-refractivity contribution < 1.29 is 35.9 Å². The molecular formula is C21H16BrCl3F6N2O2. The number of nitrogens with one attached hydrogen (secondary N) is 2. The average Bonchev–Trinajstić information content (AvgIpc) is 3.29. The van der Waals surface area contributed by atoms with E-state index in [4.69, 9.17) is 34.8 Å². The number of rotatable bonds is 7. The van der Waals surface area contributed by atoms with Gasteiger partial charge >= 0.3 is 12.4 Å². The standard InChI is InChI=1S/C21H16BrCl3F6N2O2/c1-3-11(7-12(9(2)23)17(34)32-8-19(26,27)28)33-18(35)16-15(20(16,24)25)10-4-5-13(14(22)6-10)21(29,30)31/h3-7,15-16H,2,8H2,1H3,(H,32,34)(H,33,35)/b11-3+,12-7+. The minimum absolute atomic E-state index is 0.0302. The maximum Gasteiger partial charge on any atom is 0.417 e. The summed E-state index contributed by atoms with van der Waals surface area (Å²) in [6.45, 7) is 3.18. The normalized spacial score (nSPS) is 20.3. The smallest absolute Gasteiger partial charge is 0.343 e. The molecule has 1 aromatic carbocycles. The van der Waals surface area contributed by atoms with Crippen molar-refractivity contribution in [3.63, 3.8) is 0 Å². The van der Waals surface area contributed by atoms with Gasteiger partial charge in [-0.2, -0.15) is 26.3 Å². The van der Waals surface area contributed by atoms with E-state index < -0.39 is 58.0 Å². The van der Waals surface area contributed by atoms with Crippen molar-refractivity contribution in [2.24, 2.45) is 5.92 Å². The molecule has 1 saturated carbocycles.